The summed E-state index contributed by atoms with van der Waals surface area (Å²) in [6.45, 7) is 4.46. The van der Waals surface area contributed by atoms with Crippen molar-refractivity contribution in [2.75, 3.05) is 11.9 Å². The molecule has 0 unspecified atom stereocenters. The van der Waals surface area contributed by atoms with Crippen molar-refractivity contribution in [3.63, 3.8) is 0 Å². The molecule has 0 radical (unpaired) electrons. The normalized spacial score (nSPS) is 12.5. The number of hydrogen-bond acceptors (Lipinski definition) is 3. The average Bonchev–Trinajstić information content (AvgIpc) is 2.83. The molecule has 0 atom stereocenters. The highest BCUT2D eigenvalue weighted by atomic mass is 79.9. The van der Waals surface area contributed by atoms with Crippen LogP contribution in [0.4, 0.5) is 0 Å². The van der Waals surface area contributed by atoms with Gasteiger partial charge in [-0.3, -0.25) is 5.10 Å². The molecule has 98 valence electrons. The quantitative estimate of drug-likeness (QED) is 0.780. The summed E-state index contributed by atoms with van der Waals surface area (Å²) in [6.07, 6.45) is 3.06. The molecule has 0 aliphatic heterocycles. The Balaban J connectivity index is 3.06. The molecule has 0 saturated carbocycles. The molecule has 0 saturated heterocycles. The van der Waals surface area contributed by atoms with Crippen molar-refractivity contribution in [1.29, 1.82) is 0 Å². The van der Waals surface area contributed by atoms with Gasteiger partial charge in [-0.15, -0.1) is 0 Å². The maximum Gasteiger partial charge on any atom is 0.260 e. The SMILES string of the molecule is CCC(CC)N(CCBr)S(=O)(=O)c1ccn[nH]1. The fourth-order valence-electron chi connectivity index (χ4n) is 1.79. The molecule has 5 nitrogen and oxygen atoms in total. The number of aromatic amines is 1. The number of hydrogen-bond donors (Lipinski definition) is 1. The Morgan fingerprint density at radius 2 is 2.12 bits per heavy atom. The monoisotopic (exact) mass is 323 g/mol. The van der Waals surface area contributed by atoms with Gasteiger partial charge >= 0.3 is 0 Å². The van der Waals surface area contributed by atoms with Crippen molar-refractivity contribution in [2.24, 2.45) is 0 Å². The van der Waals surface area contributed by atoms with E-state index >= 15 is 0 Å². The van der Waals surface area contributed by atoms with Crippen LogP contribution in [0.1, 0.15) is 26.7 Å². The van der Waals surface area contributed by atoms with Crippen LogP contribution in [-0.2, 0) is 10.0 Å². The van der Waals surface area contributed by atoms with Gasteiger partial charge in [0.1, 0.15) is 0 Å². The van der Waals surface area contributed by atoms with E-state index in [0.717, 1.165) is 12.8 Å². The average molecular weight is 324 g/mol. The van der Waals surface area contributed by atoms with Gasteiger partial charge in [-0.1, -0.05) is 29.8 Å². The van der Waals surface area contributed by atoms with Crippen molar-refractivity contribution in [2.45, 2.75) is 37.8 Å². The topological polar surface area (TPSA) is 66.1 Å². The number of alkyl halides is 1. The number of rotatable bonds is 7. The highest BCUT2D eigenvalue weighted by molar-refractivity contribution is 9.09. The van der Waals surface area contributed by atoms with Gasteiger partial charge in [0, 0.05) is 17.9 Å². The van der Waals surface area contributed by atoms with E-state index in [1.54, 1.807) is 0 Å². The van der Waals surface area contributed by atoms with Crippen LogP contribution in [0.5, 0.6) is 0 Å². The molecule has 0 aromatic carbocycles. The van der Waals surface area contributed by atoms with E-state index < -0.39 is 10.0 Å². The van der Waals surface area contributed by atoms with Gasteiger partial charge in [0.25, 0.3) is 10.0 Å². The van der Waals surface area contributed by atoms with E-state index in [4.69, 9.17) is 0 Å². The Morgan fingerprint density at radius 3 is 2.53 bits per heavy atom. The highest BCUT2D eigenvalue weighted by Crippen LogP contribution is 2.19. The number of nitrogens with one attached hydrogen (secondary N) is 1. The zero-order valence-electron chi connectivity index (χ0n) is 10.1. The Morgan fingerprint density at radius 1 is 1.47 bits per heavy atom. The molecule has 1 N–H and O–H groups in total. The summed E-state index contributed by atoms with van der Waals surface area (Å²) in [5, 5.41) is 7.00. The summed E-state index contributed by atoms with van der Waals surface area (Å²) in [5.74, 6) is 0. The zero-order chi connectivity index (χ0) is 12.9. The van der Waals surface area contributed by atoms with Gasteiger partial charge in [0.05, 0.1) is 6.20 Å². The van der Waals surface area contributed by atoms with Crippen molar-refractivity contribution in [3.8, 4) is 0 Å². The smallest absolute Gasteiger partial charge is 0.260 e. The first kappa shape index (κ1) is 14.7. The molecular formula is C10H18BrN3O2S. The Hall–Kier alpha value is -0.400. The van der Waals surface area contributed by atoms with E-state index in [0.29, 0.717) is 11.9 Å². The standard InChI is InChI=1S/C10H18BrN3O2S/c1-3-9(4-2)14(8-6-11)17(15,16)10-5-7-12-13-10/h5,7,9H,3-4,6,8H2,1-2H3,(H,12,13). The minimum atomic E-state index is -3.46. The first-order valence-electron chi connectivity index (χ1n) is 5.65. The van der Waals surface area contributed by atoms with Crippen molar-refractivity contribution >= 4 is 26.0 Å². The van der Waals surface area contributed by atoms with E-state index in [2.05, 4.69) is 26.1 Å². The number of aromatic nitrogens is 2. The second-order valence-electron chi connectivity index (χ2n) is 3.70. The molecule has 0 spiro atoms. The van der Waals surface area contributed by atoms with Gasteiger partial charge in [-0.05, 0) is 18.9 Å². The second kappa shape index (κ2) is 6.51. The van der Waals surface area contributed by atoms with E-state index in [1.165, 1.54) is 16.6 Å². The van der Waals surface area contributed by atoms with Crippen LogP contribution < -0.4 is 0 Å². The Kier molecular flexibility index (Phi) is 5.61. The molecule has 1 aromatic heterocycles. The lowest BCUT2D eigenvalue weighted by Crippen LogP contribution is -2.41. The molecule has 0 aliphatic carbocycles. The first-order valence-corrected chi connectivity index (χ1v) is 8.21. The largest absolute Gasteiger partial charge is 0.266 e. The lowest BCUT2D eigenvalue weighted by Gasteiger charge is -2.28. The van der Waals surface area contributed by atoms with Crippen LogP contribution in [0.2, 0.25) is 0 Å². The number of sulfonamides is 1. The maximum absolute atomic E-state index is 12.4. The molecule has 7 heteroatoms. The summed E-state index contributed by atoms with van der Waals surface area (Å²) in [6, 6.07) is 1.51. The maximum atomic E-state index is 12.4. The van der Waals surface area contributed by atoms with Crippen molar-refractivity contribution in [1.82, 2.24) is 14.5 Å². The summed E-state index contributed by atoms with van der Waals surface area (Å²) in [5.41, 5.74) is 0. The van der Waals surface area contributed by atoms with Crippen LogP contribution in [0, 0.1) is 0 Å². The zero-order valence-corrected chi connectivity index (χ0v) is 12.5. The molecule has 0 aliphatic rings. The van der Waals surface area contributed by atoms with Gasteiger partial charge < -0.3 is 0 Å². The lowest BCUT2D eigenvalue weighted by molar-refractivity contribution is 0.316. The summed E-state index contributed by atoms with van der Waals surface area (Å²) >= 11 is 3.30. The lowest BCUT2D eigenvalue weighted by atomic mass is 10.2. The summed E-state index contributed by atoms with van der Waals surface area (Å²) in [7, 11) is -3.46. The third-order valence-corrected chi connectivity index (χ3v) is 4.95. The van der Waals surface area contributed by atoms with E-state index in [1.807, 2.05) is 13.8 Å². The van der Waals surface area contributed by atoms with Gasteiger partial charge in [0.15, 0.2) is 5.03 Å². The first-order chi connectivity index (χ1) is 8.07. The highest BCUT2D eigenvalue weighted by Gasteiger charge is 2.29. The summed E-state index contributed by atoms with van der Waals surface area (Å²) < 4.78 is 26.3. The predicted molar refractivity (Wildman–Crippen MR) is 70.6 cm³/mol. The number of H-pyrrole nitrogens is 1. The fraction of sp³-hybridized carbons (Fsp3) is 0.700. The molecular weight excluding hydrogens is 306 g/mol. The van der Waals surface area contributed by atoms with Crippen LogP contribution in [-0.4, -0.2) is 40.8 Å². The Bertz CT molecular complexity index is 415. The number of nitrogens with zero attached hydrogens (tertiary/aromatic N) is 2. The summed E-state index contributed by atoms with van der Waals surface area (Å²) in [4.78, 5) is 0. The molecule has 17 heavy (non-hydrogen) atoms. The van der Waals surface area contributed by atoms with Crippen LogP contribution in [0.15, 0.2) is 17.3 Å². The molecule has 0 amide bonds. The fourth-order valence-corrected chi connectivity index (χ4v) is 4.08. The third kappa shape index (κ3) is 3.29. The minimum absolute atomic E-state index is 0.0286. The molecule has 1 rings (SSSR count). The molecule has 1 aromatic rings. The van der Waals surface area contributed by atoms with E-state index in [9.17, 15) is 8.42 Å². The number of halogens is 1. The van der Waals surface area contributed by atoms with Crippen molar-refractivity contribution in [3.05, 3.63) is 12.3 Å². The van der Waals surface area contributed by atoms with Crippen LogP contribution in [0.3, 0.4) is 0 Å². The Labute approximate surface area is 111 Å². The molecule has 0 bridgehead atoms. The molecule has 0 fully saturated rings. The molecule has 1 heterocycles. The van der Waals surface area contributed by atoms with Gasteiger partial charge in [-0.25, -0.2) is 8.42 Å². The van der Waals surface area contributed by atoms with Crippen LogP contribution in [0.25, 0.3) is 0 Å². The second-order valence-corrected chi connectivity index (χ2v) is 6.35. The third-order valence-electron chi connectivity index (χ3n) is 2.72. The van der Waals surface area contributed by atoms with Gasteiger partial charge in [-0.2, -0.15) is 9.40 Å². The van der Waals surface area contributed by atoms with Crippen LogP contribution >= 0.6 is 15.9 Å². The predicted octanol–water partition coefficient (Wildman–Crippen LogP) is 1.98. The minimum Gasteiger partial charge on any atom is -0.266 e. The van der Waals surface area contributed by atoms with Gasteiger partial charge in [0.2, 0.25) is 0 Å². The van der Waals surface area contributed by atoms with E-state index in [-0.39, 0.29) is 11.1 Å². The van der Waals surface area contributed by atoms with Crippen molar-refractivity contribution < 1.29 is 8.42 Å².